The summed E-state index contributed by atoms with van der Waals surface area (Å²) in [5.41, 5.74) is 1.87. The molecule has 0 saturated heterocycles. The first kappa shape index (κ1) is 12.7. The number of aromatic hydroxyl groups is 2. The van der Waals surface area contributed by atoms with Gasteiger partial charge < -0.3 is 10.2 Å². The van der Waals surface area contributed by atoms with Crippen molar-refractivity contribution < 1.29 is 14.8 Å². The van der Waals surface area contributed by atoms with E-state index in [0.29, 0.717) is 5.56 Å². The number of hydrogen-bond donors (Lipinski definition) is 2. The maximum atomic E-state index is 9.76. The van der Waals surface area contributed by atoms with E-state index in [4.69, 9.17) is 0 Å². The van der Waals surface area contributed by atoms with Crippen LogP contribution in [-0.2, 0) is 7.05 Å². The lowest BCUT2D eigenvalue weighted by Crippen LogP contribution is -2.28. The maximum Gasteiger partial charge on any atom is 0.262 e. The van der Waals surface area contributed by atoms with Crippen LogP contribution in [0.1, 0.15) is 10.6 Å². The van der Waals surface area contributed by atoms with Gasteiger partial charge in [-0.2, -0.15) is 4.57 Å². The van der Waals surface area contributed by atoms with E-state index in [2.05, 4.69) is 16.7 Å². The summed E-state index contributed by atoms with van der Waals surface area (Å²) >= 11 is 1.70. The zero-order valence-electron chi connectivity index (χ0n) is 10.9. The highest BCUT2D eigenvalue weighted by Gasteiger charge is 2.13. The molecular weight excluding hydrogens is 270 g/mol. The van der Waals surface area contributed by atoms with Crippen molar-refractivity contribution in [3.63, 3.8) is 0 Å². The van der Waals surface area contributed by atoms with Crippen molar-refractivity contribution in [2.45, 2.75) is 0 Å². The van der Waals surface area contributed by atoms with Gasteiger partial charge in [0.05, 0.1) is 0 Å². The quantitative estimate of drug-likeness (QED) is 0.709. The third-order valence-corrected chi connectivity index (χ3v) is 4.38. The summed E-state index contributed by atoms with van der Waals surface area (Å²) in [7, 11) is 2.02. The van der Waals surface area contributed by atoms with Gasteiger partial charge in [-0.05, 0) is 24.3 Å². The lowest BCUT2D eigenvalue weighted by Gasteiger charge is -1.98. The Kier molecular flexibility index (Phi) is 3.16. The molecule has 0 saturated carbocycles. The van der Waals surface area contributed by atoms with E-state index in [1.165, 1.54) is 16.3 Å². The molecule has 0 bridgehead atoms. The van der Waals surface area contributed by atoms with Crippen LogP contribution in [0.25, 0.3) is 22.4 Å². The summed E-state index contributed by atoms with van der Waals surface area (Å²) in [6, 6.07) is 12.8. The zero-order valence-corrected chi connectivity index (χ0v) is 11.8. The SMILES string of the molecule is C[n+]1c(/C=C/c2ccc(O)cc2O)sc2ccccc21. The number of phenols is 2. The molecule has 0 atom stereocenters. The molecule has 2 aromatic carbocycles. The molecule has 0 aliphatic rings. The average Bonchev–Trinajstić information content (AvgIpc) is 2.75. The van der Waals surface area contributed by atoms with Crippen molar-refractivity contribution >= 4 is 33.7 Å². The first-order valence-electron chi connectivity index (χ1n) is 6.23. The number of rotatable bonds is 2. The van der Waals surface area contributed by atoms with Gasteiger partial charge in [0, 0.05) is 23.8 Å². The molecule has 100 valence electrons. The topological polar surface area (TPSA) is 44.3 Å². The predicted octanol–water partition coefficient (Wildman–Crippen LogP) is 3.31. The molecule has 1 heterocycles. The number of fused-ring (bicyclic) bond motifs is 1. The van der Waals surface area contributed by atoms with Crippen molar-refractivity contribution in [1.82, 2.24) is 0 Å². The Morgan fingerprint density at radius 1 is 1.05 bits per heavy atom. The molecule has 0 spiro atoms. The molecule has 0 amide bonds. The van der Waals surface area contributed by atoms with Gasteiger partial charge in [-0.15, -0.1) is 0 Å². The molecule has 0 unspecified atom stereocenters. The van der Waals surface area contributed by atoms with Crippen LogP contribution in [0.4, 0.5) is 0 Å². The molecule has 1 aromatic heterocycles. The van der Waals surface area contributed by atoms with Gasteiger partial charge in [0.15, 0.2) is 0 Å². The monoisotopic (exact) mass is 284 g/mol. The summed E-state index contributed by atoms with van der Waals surface area (Å²) < 4.78 is 3.35. The molecule has 3 aromatic rings. The number of phenolic OH excluding ortho intramolecular Hbond substituents is 2. The molecular formula is C16H14NO2S+. The van der Waals surface area contributed by atoms with E-state index in [9.17, 15) is 10.2 Å². The van der Waals surface area contributed by atoms with E-state index >= 15 is 0 Å². The second-order valence-electron chi connectivity index (χ2n) is 4.54. The van der Waals surface area contributed by atoms with E-state index < -0.39 is 0 Å². The highest BCUT2D eigenvalue weighted by molar-refractivity contribution is 7.18. The van der Waals surface area contributed by atoms with Crippen molar-refractivity contribution in [2.24, 2.45) is 7.05 Å². The van der Waals surface area contributed by atoms with Crippen molar-refractivity contribution in [3.8, 4) is 11.5 Å². The van der Waals surface area contributed by atoms with E-state index in [1.54, 1.807) is 23.5 Å². The summed E-state index contributed by atoms with van der Waals surface area (Å²) in [6.45, 7) is 0. The van der Waals surface area contributed by atoms with Crippen LogP contribution in [0, 0.1) is 0 Å². The highest BCUT2D eigenvalue weighted by atomic mass is 32.1. The molecule has 2 N–H and O–H groups in total. The predicted molar refractivity (Wildman–Crippen MR) is 81.7 cm³/mol. The van der Waals surface area contributed by atoms with Gasteiger partial charge in [0.2, 0.25) is 5.52 Å². The van der Waals surface area contributed by atoms with E-state index in [0.717, 1.165) is 5.01 Å². The normalized spacial score (nSPS) is 11.4. The Bertz CT molecular complexity index is 805. The Labute approximate surface area is 120 Å². The van der Waals surface area contributed by atoms with Crippen LogP contribution < -0.4 is 4.57 Å². The first-order valence-corrected chi connectivity index (χ1v) is 7.04. The summed E-state index contributed by atoms with van der Waals surface area (Å²) in [4.78, 5) is 0. The molecule has 3 rings (SSSR count). The summed E-state index contributed by atoms with van der Waals surface area (Å²) in [5, 5.41) is 20.1. The molecule has 0 aliphatic heterocycles. The number of thiazole rings is 1. The van der Waals surface area contributed by atoms with Crippen LogP contribution in [-0.4, -0.2) is 10.2 Å². The van der Waals surface area contributed by atoms with Crippen LogP contribution in [0.2, 0.25) is 0 Å². The third kappa shape index (κ3) is 2.26. The van der Waals surface area contributed by atoms with E-state index in [-0.39, 0.29) is 11.5 Å². The molecule has 0 fully saturated rings. The summed E-state index contributed by atoms with van der Waals surface area (Å²) in [6.07, 6.45) is 3.82. The third-order valence-electron chi connectivity index (χ3n) is 3.19. The Morgan fingerprint density at radius 3 is 2.60 bits per heavy atom. The maximum absolute atomic E-state index is 9.76. The zero-order chi connectivity index (χ0) is 14.1. The van der Waals surface area contributed by atoms with Gasteiger partial charge in [-0.1, -0.05) is 23.5 Å². The van der Waals surface area contributed by atoms with E-state index in [1.807, 2.05) is 31.3 Å². The Hall–Kier alpha value is -2.33. The van der Waals surface area contributed by atoms with Gasteiger partial charge in [-0.25, -0.2) is 0 Å². The van der Waals surface area contributed by atoms with Gasteiger partial charge in [0.1, 0.15) is 23.2 Å². The minimum atomic E-state index is 0.0621. The largest absolute Gasteiger partial charge is 0.508 e. The van der Waals surface area contributed by atoms with Crippen LogP contribution >= 0.6 is 11.3 Å². The highest BCUT2D eigenvalue weighted by Crippen LogP contribution is 2.26. The van der Waals surface area contributed by atoms with Gasteiger partial charge in [-0.3, -0.25) is 0 Å². The fraction of sp³-hybridized carbons (Fsp3) is 0.0625. The number of hydrogen-bond acceptors (Lipinski definition) is 3. The molecule has 3 nitrogen and oxygen atoms in total. The van der Waals surface area contributed by atoms with Crippen LogP contribution in [0.3, 0.4) is 0 Å². The van der Waals surface area contributed by atoms with Gasteiger partial charge >= 0.3 is 0 Å². The number of para-hydroxylation sites is 1. The number of aryl methyl sites for hydroxylation is 1. The summed E-state index contributed by atoms with van der Waals surface area (Å²) in [5.74, 6) is 0.136. The van der Waals surface area contributed by atoms with Crippen LogP contribution in [0.15, 0.2) is 42.5 Å². The van der Waals surface area contributed by atoms with Crippen molar-refractivity contribution in [2.75, 3.05) is 0 Å². The smallest absolute Gasteiger partial charge is 0.262 e. The standard InChI is InChI=1S/C16H13NO2S/c1-17-13-4-2-3-5-15(13)20-16(17)9-7-11-6-8-12(18)10-14(11)19/h2-10H,1H3,(H,18,19)/p+1. The Balaban J connectivity index is 2.00. The number of aromatic nitrogens is 1. The lowest BCUT2D eigenvalue weighted by molar-refractivity contribution is -0.642. The molecule has 0 aliphatic carbocycles. The fourth-order valence-electron chi connectivity index (χ4n) is 2.10. The first-order chi connectivity index (χ1) is 9.65. The second-order valence-corrected chi connectivity index (χ2v) is 5.61. The number of nitrogens with zero attached hydrogens (tertiary/aromatic N) is 1. The Morgan fingerprint density at radius 2 is 1.85 bits per heavy atom. The van der Waals surface area contributed by atoms with Crippen molar-refractivity contribution in [3.05, 3.63) is 53.0 Å². The fourth-order valence-corrected chi connectivity index (χ4v) is 3.15. The van der Waals surface area contributed by atoms with Crippen LogP contribution in [0.5, 0.6) is 11.5 Å². The minimum Gasteiger partial charge on any atom is -0.508 e. The number of benzene rings is 2. The molecule has 0 radical (unpaired) electrons. The van der Waals surface area contributed by atoms with Gasteiger partial charge in [0.25, 0.3) is 5.01 Å². The second kappa shape index (κ2) is 4.98. The van der Waals surface area contributed by atoms with Crippen molar-refractivity contribution in [1.29, 1.82) is 0 Å². The average molecular weight is 284 g/mol. The lowest BCUT2D eigenvalue weighted by atomic mass is 10.2. The minimum absolute atomic E-state index is 0.0621. The molecule has 4 heteroatoms. The molecule has 20 heavy (non-hydrogen) atoms.